The van der Waals surface area contributed by atoms with Crippen molar-refractivity contribution in [2.75, 3.05) is 0 Å². The van der Waals surface area contributed by atoms with Gasteiger partial charge in [-0.2, -0.15) is 0 Å². The molecule has 1 aliphatic carbocycles. The normalized spacial score (nSPS) is 16.0. The molecule has 0 radical (unpaired) electrons. The molecule has 106 valence electrons. The standard InChI is InChI=1S/C13H19FN2O2S/c1-9(2)15-8-10-3-4-11(14)7-13(10)19(17,18)16-12-5-6-12/h3-4,7,9,12,15-16H,5-6,8H2,1-2H3. The molecule has 0 heterocycles. The summed E-state index contributed by atoms with van der Waals surface area (Å²) in [5, 5.41) is 3.15. The van der Waals surface area contributed by atoms with Gasteiger partial charge in [0.25, 0.3) is 0 Å². The molecule has 1 fully saturated rings. The highest BCUT2D eigenvalue weighted by molar-refractivity contribution is 7.89. The van der Waals surface area contributed by atoms with E-state index in [4.69, 9.17) is 0 Å². The summed E-state index contributed by atoms with van der Waals surface area (Å²) in [6.07, 6.45) is 1.71. The van der Waals surface area contributed by atoms with Gasteiger partial charge in [-0.1, -0.05) is 19.9 Å². The predicted octanol–water partition coefficient (Wildman–Crippen LogP) is 1.76. The third kappa shape index (κ3) is 3.99. The van der Waals surface area contributed by atoms with Gasteiger partial charge in [0.1, 0.15) is 5.82 Å². The smallest absolute Gasteiger partial charge is 0.241 e. The molecule has 0 saturated heterocycles. The van der Waals surface area contributed by atoms with E-state index in [2.05, 4.69) is 10.0 Å². The van der Waals surface area contributed by atoms with E-state index in [-0.39, 0.29) is 17.0 Å². The van der Waals surface area contributed by atoms with E-state index in [1.165, 1.54) is 12.1 Å². The van der Waals surface area contributed by atoms with Crippen LogP contribution in [-0.2, 0) is 16.6 Å². The Morgan fingerprint density at radius 2 is 2.05 bits per heavy atom. The monoisotopic (exact) mass is 286 g/mol. The third-order valence-electron chi connectivity index (χ3n) is 2.92. The molecular weight excluding hydrogens is 267 g/mol. The fourth-order valence-electron chi connectivity index (χ4n) is 1.72. The first-order valence-corrected chi connectivity index (χ1v) is 7.91. The number of nitrogens with one attached hydrogen (secondary N) is 2. The molecular formula is C13H19FN2O2S. The van der Waals surface area contributed by atoms with Crippen LogP contribution in [0.3, 0.4) is 0 Å². The van der Waals surface area contributed by atoms with Crippen LogP contribution >= 0.6 is 0 Å². The number of halogens is 1. The quantitative estimate of drug-likeness (QED) is 0.838. The van der Waals surface area contributed by atoms with Gasteiger partial charge in [0, 0.05) is 18.6 Å². The van der Waals surface area contributed by atoms with Crippen molar-refractivity contribution in [3.05, 3.63) is 29.6 Å². The lowest BCUT2D eigenvalue weighted by Crippen LogP contribution is -2.29. The van der Waals surface area contributed by atoms with E-state index in [9.17, 15) is 12.8 Å². The lowest BCUT2D eigenvalue weighted by Gasteiger charge is -2.13. The number of hydrogen-bond acceptors (Lipinski definition) is 3. The summed E-state index contributed by atoms with van der Waals surface area (Å²) in [6, 6.07) is 4.14. The van der Waals surface area contributed by atoms with Gasteiger partial charge in [-0.25, -0.2) is 17.5 Å². The SMILES string of the molecule is CC(C)NCc1ccc(F)cc1S(=O)(=O)NC1CC1. The van der Waals surface area contributed by atoms with Gasteiger partial charge in [-0.05, 0) is 30.5 Å². The average Bonchev–Trinajstić information content (AvgIpc) is 3.10. The molecule has 0 amide bonds. The Hall–Kier alpha value is -0.980. The first kappa shape index (κ1) is 14.4. The van der Waals surface area contributed by atoms with Crippen LogP contribution in [0.15, 0.2) is 23.1 Å². The summed E-state index contributed by atoms with van der Waals surface area (Å²) in [4.78, 5) is 0.0348. The van der Waals surface area contributed by atoms with Gasteiger partial charge in [0.05, 0.1) is 4.90 Å². The van der Waals surface area contributed by atoms with Crippen molar-refractivity contribution >= 4 is 10.0 Å². The largest absolute Gasteiger partial charge is 0.310 e. The third-order valence-corrected chi connectivity index (χ3v) is 4.52. The van der Waals surface area contributed by atoms with Crippen molar-refractivity contribution < 1.29 is 12.8 Å². The van der Waals surface area contributed by atoms with Crippen LogP contribution in [0, 0.1) is 5.82 Å². The van der Waals surface area contributed by atoms with Crippen LogP contribution in [0.25, 0.3) is 0 Å². The molecule has 1 aromatic carbocycles. The molecule has 0 bridgehead atoms. The number of rotatable bonds is 6. The zero-order valence-electron chi connectivity index (χ0n) is 11.1. The zero-order valence-corrected chi connectivity index (χ0v) is 11.9. The molecule has 2 rings (SSSR count). The second-order valence-electron chi connectivity index (χ2n) is 5.18. The summed E-state index contributed by atoms with van der Waals surface area (Å²) < 4.78 is 40.3. The lowest BCUT2D eigenvalue weighted by atomic mass is 10.2. The molecule has 1 aliphatic rings. The fourth-order valence-corrected chi connectivity index (χ4v) is 3.28. The zero-order chi connectivity index (χ0) is 14.0. The van der Waals surface area contributed by atoms with Gasteiger partial charge >= 0.3 is 0 Å². The van der Waals surface area contributed by atoms with Gasteiger partial charge in [0.2, 0.25) is 10.0 Å². The lowest BCUT2D eigenvalue weighted by molar-refractivity contribution is 0.562. The Balaban J connectivity index is 2.27. The van der Waals surface area contributed by atoms with Crippen LogP contribution in [0.4, 0.5) is 4.39 Å². The van der Waals surface area contributed by atoms with Crippen molar-refractivity contribution in [1.29, 1.82) is 0 Å². The van der Waals surface area contributed by atoms with Crippen LogP contribution < -0.4 is 10.0 Å². The maximum Gasteiger partial charge on any atom is 0.241 e. The minimum atomic E-state index is -3.63. The van der Waals surface area contributed by atoms with E-state index in [1.807, 2.05) is 13.8 Å². The van der Waals surface area contributed by atoms with E-state index >= 15 is 0 Å². The first-order chi connectivity index (χ1) is 8.88. The predicted molar refractivity (Wildman–Crippen MR) is 71.7 cm³/mol. The van der Waals surface area contributed by atoms with E-state index < -0.39 is 15.8 Å². The second-order valence-corrected chi connectivity index (χ2v) is 6.87. The Morgan fingerprint density at radius 1 is 1.37 bits per heavy atom. The van der Waals surface area contributed by atoms with Gasteiger partial charge < -0.3 is 5.32 Å². The fraction of sp³-hybridized carbons (Fsp3) is 0.538. The average molecular weight is 286 g/mol. The summed E-state index contributed by atoms with van der Waals surface area (Å²) in [5.74, 6) is -0.538. The Labute approximate surface area is 113 Å². The molecule has 1 aromatic rings. The van der Waals surface area contributed by atoms with Crippen LogP contribution in [0.2, 0.25) is 0 Å². The highest BCUT2D eigenvalue weighted by Crippen LogP contribution is 2.24. The summed E-state index contributed by atoms with van der Waals surface area (Å²) >= 11 is 0. The molecule has 0 spiro atoms. The maximum atomic E-state index is 13.3. The topological polar surface area (TPSA) is 58.2 Å². The van der Waals surface area contributed by atoms with Crippen molar-refractivity contribution in [2.24, 2.45) is 0 Å². The van der Waals surface area contributed by atoms with Gasteiger partial charge in [-0.3, -0.25) is 0 Å². The molecule has 0 unspecified atom stereocenters. The molecule has 1 saturated carbocycles. The van der Waals surface area contributed by atoms with Gasteiger partial charge in [-0.15, -0.1) is 0 Å². The van der Waals surface area contributed by atoms with Crippen molar-refractivity contribution in [3.63, 3.8) is 0 Å². The molecule has 6 heteroatoms. The summed E-state index contributed by atoms with van der Waals surface area (Å²) in [7, 11) is -3.63. The van der Waals surface area contributed by atoms with Crippen molar-refractivity contribution in [2.45, 2.75) is 50.2 Å². The second kappa shape index (κ2) is 5.56. The highest BCUT2D eigenvalue weighted by Gasteiger charge is 2.29. The van der Waals surface area contributed by atoms with Crippen molar-refractivity contribution in [3.8, 4) is 0 Å². The van der Waals surface area contributed by atoms with E-state index in [1.54, 1.807) is 0 Å². The Kier molecular flexibility index (Phi) is 4.23. The molecule has 2 N–H and O–H groups in total. The van der Waals surface area contributed by atoms with E-state index in [0.717, 1.165) is 18.9 Å². The van der Waals surface area contributed by atoms with Crippen molar-refractivity contribution in [1.82, 2.24) is 10.0 Å². The molecule has 0 aromatic heterocycles. The van der Waals surface area contributed by atoms with Gasteiger partial charge in [0.15, 0.2) is 0 Å². The summed E-state index contributed by atoms with van der Waals surface area (Å²) in [5.41, 5.74) is 0.586. The first-order valence-electron chi connectivity index (χ1n) is 6.42. The van der Waals surface area contributed by atoms with Crippen LogP contribution in [0.1, 0.15) is 32.3 Å². The highest BCUT2D eigenvalue weighted by atomic mass is 32.2. The Bertz CT molecular complexity index is 554. The van der Waals surface area contributed by atoms with E-state index in [0.29, 0.717) is 12.1 Å². The van der Waals surface area contributed by atoms with Crippen LogP contribution in [-0.4, -0.2) is 20.5 Å². The number of hydrogen-bond donors (Lipinski definition) is 2. The molecule has 4 nitrogen and oxygen atoms in total. The minimum absolute atomic E-state index is 0.0131. The minimum Gasteiger partial charge on any atom is -0.310 e. The van der Waals surface area contributed by atoms with Crippen LogP contribution in [0.5, 0.6) is 0 Å². The maximum absolute atomic E-state index is 13.3. The Morgan fingerprint density at radius 3 is 2.63 bits per heavy atom. The molecule has 0 aliphatic heterocycles. The number of benzene rings is 1. The molecule has 19 heavy (non-hydrogen) atoms. The molecule has 0 atom stereocenters. The summed E-state index contributed by atoms with van der Waals surface area (Å²) in [6.45, 7) is 4.35. The number of sulfonamides is 1.